The summed E-state index contributed by atoms with van der Waals surface area (Å²) in [6.45, 7) is 0.588. The van der Waals surface area contributed by atoms with Crippen molar-refractivity contribution in [3.63, 3.8) is 0 Å². The van der Waals surface area contributed by atoms with E-state index < -0.39 is 0 Å². The predicted molar refractivity (Wildman–Crippen MR) is 97.9 cm³/mol. The number of nitrogens with one attached hydrogen (secondary N) is 4. The number of aromatic amines is 2. The summed E-state index contributed by atoms with van der Waals surface area (Å²) in [7, 11) is 0. The standard InChI is InChI=1S/C18H20ClN5O/c19-13-1-3-15-11(9-21-17(15)8-13)5-6-20-18(25)23-14-2-4-16-12(7-14)10-22-24-16/h1,3,8-10,14,21H,2,4-7H2,(H,22,24)(H2,20,23,25). The Morgan fingerprint density at radius 3 is 3.24 bits per heavy atom. The number of aryl methyl sites for hydroxylation is 1. The van der Waals surface area contributed by atoms with Crippen LogP contribution in [0, 0.1) is 0 Å². The van der Waals surface area contributed by atoms with Gasteiger partial charge in [0, 0.05) is 40.4 Å². The lowest BCUT2D eigenvalue weighted by molar-refractivity contribution is 0.235. The van der Waals surface area contributed by atoms with Crippen molar-refractivity contribution < 1.29 is 4.79 Å². The topological polar surface area (TPSA) is 85.6 Å². The van der Waals surface area contributed by atoms with Gasteiger partial charge in [0.1, 0.15) is 0 Å². The minimum atomic E-state index is -0.111. The van der Waals surface area contributed by atoms with E-state index in [4.69, 9.17) is 11.6 Å². The number of H-pyrrole nitrogens is 2. The van der Waals surface area contributed by atoms with Gasteiger partial charge in [0.2, 0.25) is 0 Å². The third-order valence-electron chi connectivity index (χ3n) is 4.76. The van der Waals surface area contributed by atoms with Crippen LogP contribution < -0.4 is 10.6 Å². The van der Waals surface area contributed by atoms with E-state index in [1.807, 2.05) is 30.6 Å². The lowest BCUT2D eigenvalue weighted by atomic mass is 9.94. The van der Waals surface area contributed by atoms with Gasteiger partial charge in [0.15, 0.2) is 0 Å². The molecule has 2 heterocycles. The zero-order chi connectivity index (χ0) is 17.2. The zero-order valence-electron chi connectivity index (χ0n) is 13.7. The van der Waals surface area contributed by atoms with Gasteiger partial charge in [-0.1, -0.05) is 17.7 Å². The highest BCUT2D eigenvalue weighted by Gasteiger charge is 2.21. The number of fused-ring (bicyclic) bond motifs is 2. The monoisotopic (exact) mass is 357 g/mol. The molecule has 1 aliphatic rings. The number of benzene rings is 1. The molecule has 7 heteroatoms. The molecule has 0 fully saturated rings. The smallest absolute Gasteiger partial charge is 0.315 e. The number of aromatic nitrogens is 3. The number of hydrogen-bond acceptors (Lipinski definition) is 2. The van der Waals surface area contributed by atoms with E-state index in [1.54, 1.807) is 0 Å². The van der Waals surface area contributed by atoms with Gasteiger partial charge in [-0.25, -0.2) is 4.79 Å². The van der Waals surface area contributed by atoms with Crippen molar-refractivity contribution in [1.82, 2.24) is 25.8 Å². The van der Waals surface area contributed by atoms with Crippen molar-refractivity contribution in [2.45, 2.75) is 31.7 Å². The van der Waals surface area contributed by atoms with Crippen LogP contribution in [0.4, 0.5) is 4.79 Å². The fraction of sp³-hybridized carbons (Fsp3) is 0.333. The maximum Gasteiger partial charge on any atom is 0.315 e. The summed E-state index contributed by atoms with van der Waals surface area (Å²) in [5.41, 5.74) is 4.59. The van der Waals surface area contributed by atoms with Crippen LogP contribution in [0.3, 0.4) is 0 Å². The average Bonchev–Trinajstić information content (AvgIpc) is 3.21. The predicted octanol–water partition coefficient (Wildman–Crippen LogP) is 2.94. The molecule has 0 aliphatic heterocycles. The molecule has 0 saturated heterocycles. The molecule has 4 N–H and O–H groups in total. The van der Waals surface area contributed by atoms with Gasteiger partial charge < -0.3 is 15.6 Å². The molecule has 130 valence electrons. The molecule has 0 spiro atoms. The van der Waals surface area contributed by atoms with E-state index in [0.29, 0.717) is 11.6 Å². The number of carbonyl (C=O) groups excluding carboxylic acids is 1. The van der Waals surface area contributed by atoms with Gasteiger partial charge in [0.05, 0.1) is 6.20 Å². The second kappa shape index (κ2) is 6.80. The molecule has 1 atom stereocenters. The van der Waals surface area contributed by atoms with Crippen molar-refractivity contribution in [3.8, 4) is 0 Å². The Morgan fingerprint density at radius 2 is 2.32 bits per heavy atom. The third kappa shape index (κ3) is 3.49. The first-order chi connectivity index (χ1) is 12.2. The lowest BCUT2D eigenvalue weighted by Gasteiger charge is -2.22. The highest BCUT2D eigenvalue weighted by Crippen LogP contribution is 2.22. The Morgan fingerprint density at radius 1 is 1.40 bits per heavy atom. The van der Waals surface area contributed by atoms with E-state index >= 15 is 0 Å². The number of halogens is 1. The first-order valence-corrected chi connectivity index (χ1v) is 8.88. The molecule has 2 aromatic heterocycles. The van der Waals surface area contributed by atoms with Crippen molar-refractivity contribution >= 4 is 28.5 Å². The van der Waals surface area contributed by atoms with E-state index in [0.717, 1.165) is 36.6 Å². The third-order valence-corrected chi connectivity index (χ3v) is 5.00. The van der Waals surface area contributed by atoms with E-state index in [-0.39, 0.29) is 12.1 Å². The Balaban J connectivity index is 1.27. The lowest BCUT2D eigenvalue weighted by Crippen LogP contribution is -2.44. The molecule has 2 amide bonds. The van der Waals surface area contributed by atoms with Crippen LogP contribution in [0.15, 0.2) is 30.6 Å². The van der Waals surface area contributed by atoms with Crippen LogP contribution >= 0.6 is 11.6 Å². The number of hydrogen-bond donors (Lipinski definition) is 4. The van der Waals surface area contributed by atoms with Crippen molar-refractivity contribution in [3.05, 3.63) is 52.4 Å². The maximum absolute atomic E-state index is 12.1. The zero-order valence-corrected chi connectivity index (χ0v) is 14.5. The van der Waals surface area contributed by atoms with Gasteiger partial charge >= 0.3 is 6.03 Å². The van der Waals surface area contributed by atoms with Crippen molar-refractivity contribution in [1.29, 1.82) is 0 Å². The Bertz CT molecular complexity index is 900. The first kappa shape index (κ1) is 16.0. The Hall–Kier alpha value is -2.47. The van der Waals surface area contributed by atoms with Gasteiger partial charge in [-0.15, -0.1) is 0 Å². The van der Waals surface area contributed by atoms with E-state index in [1.165, 1.54) is 16.8 Å². The molecular formula is C18H20ClN5O. The van der Waals surface area contributed by atoms with Gasteiger partial charge in [-0.2, -0.15) is 5.10 Å². The molecule has 4 rings (SSSR count). The normalized spacial score (nSPS) is 16.6. The van der Waals surface area contributed by atoms with Crippen LogP contribution in [0.2, 0.25) is 5.02 Å². The summed E-state index contributed by atoms with van der Waals surface area (Å²) < 4.78 is 0. The largest absolute Gasteiger partial charge is 0.361 e. The molecule has 3 aromatic rings. The Labute approximate surface area is 150 Å². The molecular weight excluding hydrogens is 338 g/mol. The fourth-order valence-electron chi connectivity index (χ4n) is 3.45. The van der Waals surface area contributed by atoms with Crippen LogP contribution in [-0.4, -0.2) is 33.8 Å². The average molecular weight is 358 g/mol. The number of nitrogens with zero attached hydrogens (tertiary/aromatic N) is 1. The minimum Gasteiger partial charge on any atom is -0.361 e. The summed E-state index contributed by atoms with van der Waals surface area (Å²) in [5.74, 6) is 0. The SMILES string of the molecule is O=C(NCCc1c[nH]c2cc(Cl)ccc12)NC1CCc2[nH]ncc2C1. The second-order valence-electron chi connectivity index (χ2n) is 6.47. The van der Waals surface area contributed by atoms with Gasteiger partial charge in [-0.3, -0.25) is 5.10 Å². The summed E-state index contributed by atoms with van der Waals surface area (Å²) >= 11 is 6.00. The van der Waals surface area contributed by atoms with E-state index in [2.05, 4.69) is 25.8 Å². The quantitative estimate of drug-likeness (QED) is 0.578. The van der Waals surface area contributed by atoms with Crippen molar-refractivity contribution in [2.75, 3.05) is 6.54 Å². The minimum absolute atomic E-state index is 0.111. The maximum atomic E-state index is 12.1. The number of carbonyl (C=O) groups is 1. The molecule has 1 aromatic carbocycles. The number of amides is 2. The molecule has 0 saturated carbocycles. The number of rotatable bonds is 4. The molecule has 1 aliphatic carbocycles. The van der Waals surface area contributed by atoms with Gasteiger partial charge in [-0.05, 0) is 48.9 Å². The summed E-state index contributed by atoms with van der Waals surface area (Å²) in [4.78, 5) is 15.3. The van der Waals surface area contributed by atoms with Gasteiger partial charge in [0.25, 0.3) is 0 Å². The fourth-order valence-corrected chi connectivity index (χ4v) is 3.62. The highest BCUT2D eigenvalue weighted by atomic mass is 35.5. The van der Waals surface area contributed by atoms with Crippen LogP contribution in [-0.2, 0) is 19.3 Å². The molecule has 1 unspecified atom stereocenters. The van der Waals surface area contributed by atoms with Crippen LogP contribution in [0.5, 0.6) is 0 Å². The Kier molecular flexibility index (Phi) is 4.36. The molecule has 25 heavy (non-hydrogen) atoms. The molecule has 0 bridgehead atoms. The van der Waals surface area contributed by atoms with Crippen LogP contribution in [0.25, 0.3) is 10.9 Å². The van der Waals surface area contributed by atoms with Crippen LogP contribution in [0.1, 0.15) is 23.2 Å². The van der Waals surface area contributed by atoms with E-state index in [9.17, 15) is 4.79 Å². The molecule has 0 radical (unpaired) electrons. The summed E-state index contributed by atoms with van der Waals surface area (Å²) in [6.07, 6.45) is 7.30. The highest BCUT2D eigenvalue weighted by molar-refractivity contribution is 6.31. The number of urea groups is 1. The summed E-state index contributed by atoms with van der Waals surface area (Å²) in [5, 5.41) is 14.9. The molecule has 6 nitrogen and oxygen atoms in total. The summed E-state index contributed by atoms with van der Waals surface area (Å²) in [6, 6.07) is 5.86. The second-order valence-corrected chi connectivity index (χ2v) is 6.90. The van der Waals surface area contributed by atoms with Crippen molar-refractivity contribution in [2.24, 2.45) is 0 Å². The first-order valence-electron chi connectivity index (χ1n) is 8.50.